The summed E-state index contributed by atoms with van der Waals surface area (Å²) in [5.74, 6) is 1.70. The zero-order valence-corrected chi connectivity index (χ0v) is 10.1. The van der Waals surface area contributed by atoms with Gasteiger partial charge in [-0.25, -0.2) is 0 Å². The van der Waals surface area contributed by atoms with E-state index >= 15 is 0 Å². The number of aromatic nitrogens is 3. The summed E-state index contributed by atoms with van der Waals surface area (Å²) in [7, 11) is 1.95. The minimum atomic E-state index is 0.779. The van der Waals surface area contributed by atoms with Gasteiger partial charge in [0, 0.05) is 18.3 Å². The van der Waals surface area contributed by atoms with Crippen LogP contribution in [0.1, 0.15) is 17.0 Å². The van der Waals surface area contributed by atoms with Gasteiger partial charge in [-0.05, 0) is 38.0 Å². The van der Waals surface area contributed by atoms with E-state index in [0.717, 1.165) is 28.5 Å². The Kier molecular flexibility index (Phi) is 2.42. The molecule has 0 aliphatic carbocycles. The van der Waals surface area contributed by atoms with Crippen molar-refractivity contribution in [1.82, 2.24) is 14.8 Å². The van der Waals surface area contributed by atoms with Crippen molar-refractivity contribution >= 4 is 5.69 Å². The molecule has 0 atom stereocenters. The zero-order chi connectivity index (χ0) is 11.9. The Bertz CT molecular complexity index is 540. The summed E-state index contributed by atoms with van der Waals surface area (Å²) in [6, 6.07) is 4.12. The predicted molar refractivity (Wildman–Crippen MR) is 65.1 cm³/mol. The summed E-state index contributed by atoms with van der Waals surface area (Å²) in [4.78, 5) is 0. The van der Waals surface area contributed by atoms with Crippen LogP contribution in [-0.4, -0.2) is 14.8 Å². The van der Waals surface area contributed by atoms with Crippen LogP contribution in [0.2, 0.25) is 0 Å². The highest BCUT2D eigenvalue weighted by Crippen LogP contribution is 2.28. The monoisotopic (exact) mass is 216 g/mol. The molecule has 1 aromatic heterocycles. The Morgan fingerprint density at radius 2 is 1.81 bits per heavy atom. The molecule has 0 radical (unpaired) electrons. The number of rotatable bonds is 1. The standard InChI is InChI=1S/C12H16N4/c1-7-5-8(2)11(13)10(6-7)12-15-14-9(3)16(12)4/h5-6H,13H2,1-4H3. The number of nitrogens with zero attached hydrogens (tertiary/aromatic N) is 3. The first-order valence-electron chi connectivity index (χ1n) is 5.24. The van der Waals surface area contributed by atoms with Crippen molar-refractivity contribution < 1.29 is 0 Å². The molecule has 0 bridgehead atoms. The van der Waals surface area contributed by atoms with Crippen LogP contribution in [0.4, 0.5) is 5.69 Å². The van der Waals surface area contributed by atoms with Crippen LogP contribution in [0.3, 0.4) is 0 Å². The van der Waals surface area contributed by atoms with Gasteiger partial charge in [0.05, 0.1) is 0 Å². The molecule has 4 heteroatoms. The van der Waals surface area contributed by atoms with Gasteiger partial charge >= 0.3 is 0 Å². The molecule has 84 valence electrons. The third kappa shape index (κ3) is 1.56. The fraction of sp³-hybridized carbons (Fsp3) is 0.333. The Hall–Kier alpha value is -1.84. The SMILES string of the molecule is Cc1cc(C)c(N)c(-c2nnc(C)n2C)c1. The zero-order valence-electron chi connectivity index (χ0n) is 10.1. The lowest BCUT2D eigenvalue weighted by molar-refractivity contribution is 0.865. The Labute approximate surface area is 95.1 Å². The molecule has 2 rings (SSSR count). The van der Waals surface area contributed by atoms with Crippen molar-refractivity contribution in [2.75, 3.05) is 5.73 Å². The first kappa shape index (κ1) is 10.7. The van der Waals surface area contributed by atoms with Crippen LogP contribution < -0.4 is 5.73 Å². The maximum atomic E-state index is 6.08. The molecule has 0 aliphatic heterocycles. The van der Waals surface area contributed by atoms with E-state index in [1.54, 1.807) is 0 Å². The largest absolute Gasteiger partial charge is 0.398 e. The molecule has 0 saturated carbocycles. The normalized spacial score (nSPS) is 10.8. The smallest absolute Gasteiger partial charge is 0.165 e. The Morgan fingerprint density at radius 1 is 1.12 bits per heavy atom. The number of anilines is 1. The summed E-state index contributed by atoms with van der Waals surface area (Å²) in [5, 5.41) is 8.21. The summed E-state index contributed by atoms with van der Waals surface area (Å²) in [6.45, 7) is 5.99. The number of nitrogens with two attached hydrogens (primary N) is 1. The highest BCUT2D eigenvalue weighted by molar-refractivity contribution is 5.75. The lowest BCUT2D eigenvalue weighted by Crippen LogP contribution is -2.00. The summed E-state index contributed by atoms with van der Waals surface area (Å²) in [6.07, 6.45) is 0. The van der Waals surface area contributed by atoms with Crippen molar-refractivity contribution in [3.8, 4) is 11.4 Å². The van der Waals surface area contributed by atoms with E-state index in [1.165, 1.54) is 5.56 Å². The molecule has 0 aliphatic rings. The van der Waals surface area contributed by atoms with Gasteiger partial charge in [-0.15, -0.1) is 10.2 Å². The number of nitrogen functional groups attached to an aromatic ring is 1. The van der Waals surface area contributed by atoms with E-state index in [-0.39, 0.29) is 0 Å². The summed E-state index contributed by atoms with van der Waals surface area (Å²) < 4.78 is 1.95. The first-order valence-corrected chi connectivity index (χ1v) is 5.24. The second-order valence-electron chi connectivity index (χ2n) is 4.17. The Balaban J connectivity index is 2.69. The minimum absolute atomic E-state index is 0.779. The van der Waals surface area contributed by atoms with Gasteiger partial charge in [0.2, 0.25) is 0 Å². The van der Waals surface area contributed by atoms with Gasteiger partial charge in [0.15, 0.2) is 5.82 Å². The molecule has 0 fully saturated rings. The van der Waals surface area contributed by atoms with E-state index in [0.29, 0.717) is 0 Å². The fourth-order valence-corrected chi connectivity index (χ4v) is 1.81. The molecule has 1 aromatic carbocycles. The quantitative estimate of drug-likeness (QED) is 0.742. The lowest BCUT2D eigenvalue weighted by Gasteiger charge is -2.09. The molecule has 4 nitrogen and oxygen atoms in total. The van der Waals surface area contributed by atoms with Crippen molar-refractivity contribution in [2.24, 2.45) is 7.05 Å². The molecule has 0 unspecified atom stereocenters. The lowest BCUT2D eigenvalue weighted by atomic mass is 10.0. The van der Waals surface area contributed by atoms with Crippen LogP contribution in [0.5, 0.6) is 0 Å². The first-order chi connectivity index (χ1) is 7.50. The van der Waals surface area contributed by atoms with Crippen molar-refractivity contribution in [3.63, 3.8) is 0 Å². The number of aryl methyl sites for hydroxylation is 3. The van der Waals surface area contributed by atoms with Crippen LogP contribution in [0.15, 0.2) is 12.1 Å². The van der Waals surface area contributed by atoms with Gasteiger partial charge in [-0.2, -0.15) is 0 Å². The van der Waals surface area contributed by atoms with Gasteiger partial charge in [0.1, 0.15) is 5.82 Å². The molecule has 2 aromatic rings. The second kappa shape index (κ2) is 3.63. The van der Waals surface area contributed by atoms with Gasteiger partial charge in [-0.1, -0.05) is 6.07 Å². The van der Waals surface area contributed by atoms with E-state index in [9.17, 15) is 0 Å². The minimum Gasteiger partial charge on any atom is -0.398 e. The Morgan fingerprint density at radius 3 is 2.38 bits per heavy atom. The maximum Gasteiger partial charge on any atom is 0.165 e. The van der Waals surface area contributed by atoms with Crippen molar-refractivity contribution in [1.29, 1.82) is 0 Å². The third-order valence-electron chi connectivity index (χ3n) is 2.86. The molecule has 2 N–H and O–H groups in total. The third-order valence-corrected chi connectivity index (χ3v) is 2.86. The van der Waals surface area contributed by atoms with Crippen molar-refractivity contribution in [2.45, 2.75) is 20.8 Å². The predicted octanol–water partition coefficient (Wildman–Crippen LogP) is 1.99. The van der Waals surface area contributed by atoms with E-state index in [1.807, 2.05) is 31.5 Å². The van der Waals surface area contributed by atoms with Gasteiger partial charge in [-0.3, -0.25) is 0 Å². The van der Waals surface area contributed by atoms with E-state index in [2.05, 4.69) is 23.2 Å². The number of hydrogen-bond donors (Lipinski definition) is 1. The molecule has 0 amide bonds. The molecule has 0 spiro atoms. The fourth-order valence-electron chi connectivity index (χ4n) is 1.81. The highest BCUT2D eigenvalue weighted by Gasteiger charge is 2.12. The average Bonchev–Trinajstić information content (AvgIpc) is 2.54. The summed E-state index contributed by atoms with van der Waals surface area (Å²) in [5.41, 5.74) is 10.1. The molecule has 1 heterocycles. The average molecular weight is 216 g/mol. The van der Waals surface area contributed by atoms with Crippen LogP contribution in [-0.2, 0) is 7.05 Å². The molecule has 0 saturated heterocycles. The van der Waals surface area contributed by atoms with Crippen molar-refractivity contribution in [3.05, 3.63) is 29.1 Å². The number of benzene rings is 1. The molecule has 16 heavy (non-hydrogen) atoms. The van der Waals surface area contributed by atoms with Gasteiger partial charge in [0.25, 0.3) is 0 Å². The summed E-state index contributed by atoms with van der Waals surface area (Å²) >= 11 is 0. The second-order valence-corrected chi connectivity index (χ2v) is 4.17. The van der Waals surface area contributed by atoms with Crippen LogP contribution in [0.25, 0.3) is 11.4 Å². The number of hydrogen-bond acceptors (Lipinski definition) is 3. The molecular formula is C12H16N4. The van der Waals surface area contributed by atoms with Crippen LogP contribution >= 0.6 is 0 Å². The molecular weight excluding hydrogens is 200 g/mol. The van der Waals surface area contributed by atoms with Gasteiger partial charge < -0.3 is 10.3 Å². The highest BCUT2D eigenvalue weighted by atomic mass is 15.3. The topological polar surface area (TPSA) is 56.7 Å². The maximum absolute atomic E-state index is 6.08. The van der Waals surface area contributed by atoms with Crippen LogP contribution in [0, 0.1) is 20.8 Å². The van der Waals surface area contributed by atoms with E-state index < -0.39 is 0 Å². The van der Waals surface area contributed by atoms with E-state index in [4.69, 9.17) is 5.73 Å².